The summed E-state index contributed by atoms with van der Waals surface area (Å²) < 4.78 is 4.86. The second kappa shape index (κ2) is 6.84. The minimum atomic E-state index is -0.451. The molecule has 2 rings (SSSR count). The number of hydrogen-bond acceptors (Lipinski definition) is 6. The van der Waals surface area contributed by atoms with Gasteiger partial charge in [0.25, 0.3) is 0 Å². The summed E-state index contributed by atoms with van der Waals surface area (Å²) >= 11 is 0. The van der Waals surface area contributed by atoms with Crippen LogP contribution >= 0.6 is 0 Å². The standard InChI is InChI=1S/C15H18N4O3/c1-4-22-14(21)11-6-17-15(18-7-11)19-8-12-10(3)13(20)9(2)5-16-12/h5-7H,4,8H2,1-3H3,(H,16,20)(H,17,18,19). The molecule has 2 N–H and O–H groups in total. The Hall–Kier alpha value is -2.70. The summed E-state index contributed by atoms with van der Waals surface area (Å²) in [6.07, 6.45) is 4.48. The molecular formula is C15H18N4O3. The zero-order valence-corrected chi connectivity index (χ0v) is 12.8. The number of rotatable bonds is 5. The number of aromatic amines is 1. The molecule has 0 aromatic carbocycles. The highest BCUT2D eigenvalue weighted by atomic mass is 16.5. The number of anilines is 1. The third-order valence-electron chi connectivity index (χ3n) is 3.20. The summed E-state index contributed by atoms with van der Waals surface area (Å²) in [6, 6.07) is 0. The Balaban J connectivity index is 2.05. The maximum Gasteiger partial charge on any atom is 0.341 e. The zero-order valence-electron chi connectivity index (χ0n) is 12.8. The number of nitrogens with one attached hydrogen (secondary N) is 2. The Morgan fingerprint density at radius 3 is 2.64 bits per heavy atom. The van der Waals surface area contributed by atoms with E-state index in [2.05, 4.69) is 20.3 Å². The van der Waals surface area contributed by atoms with Crippen LogP contribution in [0.4, 0.5) is 5.95 Å². The Bertz CT molecular complexity index is 723. The molecular weight excluding hydrogens is 284 g/mol. The van der Waals surface area contributed by atoms with Gasteiger partial charge in [0.2, 0.25) is 5.95 Å². The van der Waals surface area contributed by atoms with E-state index in [1.807, 2.05) is 0 Å². The summed E-state index contributed by atoms with van der Waals surface area (Å²) in [5, 5.41) is 3.00. The molecule has 0 saturated heterocycles. The number of pyridine rings is 1. The number of hydrogen-bond donors (Lipinski definition) is 2. The van der Waals surface area contributed by atoms with Crippen molar-refractivity contribution in [3.8, 4) is 0 Å². The molecule has 0 aliphatic heterocycles. The molecule has 116 valence electrons. The lowest BCUT2D eigenvalue weighted by molar-refractivity contribution is 0.0525. The number of aromatic nitrogens is 3. The normalized spacial score (nSPS) is 10.3. The van der Waals surface area contributed by atoms with E-state index in [1.165, 1.54) is 12.4 Å². The molecule has 0 saturated carbocycles. The molecule has 0 spiro atoms. The molecule has 2 aromatic rings. The van der Waals surface area contributed by atoms with Crippen LogP contribution in [-0.2, 0) is 11.3 Å². The van der Waals surface area contributed by atoms with Gasteiger partial charge in [0.1, 0.15) is 0 Å². The van der Waals surface area contributed by atoms with Crippen LogP contribution < -0.4 is 10.7 Å². The third kappa shape index (κ3) is 3.49. The van der Waals surface area contributed by atoms with Gasteiger partial charge >= 0.3 is 5.97 Å². The summed E-state index contributed by atoms with van der Waals surface area (Å²) in [6.45, 7) is 5.96. The summed E-state index contributed by atoms with van der Waals surface area (Å²) in [5.41, 5.74) is 2.43. The number of aryl methyl sites for hydroxylation is 1. The minimum absolute atomic E-state index is 0.0223. The van der Waals surface area contributed by atoms with Gasteiger partial charge in [-0.1, -0.05) is 0 Å². The van der Waals surface area contributed by atoms with Crippen LogP contribution in [0, 0.1) is 13.8 Å². The first-order valence-corrected chi connectivity index (χ1v) is 6.93. The number of carbonyl (C=O) groups is 1. The van der Waals surface area contributed by atoms with E-state index in [4.69, 9.17) is 4.74 Å². The highest BCUT2D eigenvalue weighted by Crippen LogP contribution is 2.06. The number of esters is 1. The van der Waals surface area contributed by atoms with Gasteiger partial charge in [0, 0.05) is 35.4 Å². The predicted octanol–water partition coefficient (Wildman–Crippen LogP) is 1.57. The van der Waals surface area contributed by atoms with Crippen molar-refractivity contribution in [3.05, 3.63) is 51.2 Å². The summed E-state index contributed by atoms with van der Waals surface area (Å²) in [7, 11) is 0. The predicted molar refractivity (Wildman–Crippen MR) is 81.9 cm³/mol. The van der Waals surface area contributed by atoms with E-state index in [0.717, 1.165) is 5.69 Å². The van der Waals surface area contributed by atoms with Gasteiger partial charge in [0.15, 0.2) is 5.43 Å². The van der Waals surface area contributed by atoms with Gasteiger partial charge in [0.05, 0.1) is 18.7 Å². The SMILES string of the molecule is CCOC(=O)c1cnc(NCc2[nH]cc(C)c(=O)c2C)nc1. The van der Waals surface area contributed by atoms with E-state index < -0.39 is 5.97 Å². The van der Waals surface area contributed by atoms with Crippen molar-refractivity contribution < 1.29 is 9.53 Å². The molecule has 0 aliphatic rings. The van der Waals surface area contributed by atoms with E-state index in [9.17, 15) is 9.59 Å². The quantitative estimate of drug-likeness (QED) is 0.814. The molecule has 0 aliphatic carbocycles. The Morgan fingerprint density at radius 1 is 1.32 bits per heavy atom. The number of carbonyl (C=O) groups excluding carboxylic acids is 1. The van der Waals surface area contributed by atoms with E-state index in [0.29, 0.717) is 35.8 Å². The van der Waals surface area contributed by atoms with Crippen molar-refractivity contribution in [2.75, 3.05) is 11.9 Å². The molecule has 0 bridgehead atoms. The fourth-order valence-corrected chi connectivity index (χ4v) is 1.89. The van der Waals surface area contributed by atoms with Crippen LogP contribution in [-0.4, -0.2) is 27.5 Å². The molecule has 0 fully saturated rings. The largest absolute Gasteiger partial charge is 0.462 e. The maximum atomic E-state index is 11.9. The van der Waals surface area contributed by atoms with Crippen molar-refractivity contribution in [2.45, 2.75) is 27.3 Å². The molecule has 0 atom stereocenters. The zero-order chi connectivity index (χ0) is 16.1. The van der Waals surface area contributed by atoms with Gasteiger partial charge < -0.3 is 15.0 Å². The average Bonchev–Trinajstić information content (AvgIpc) is 2.53. The Labute approximate surface area is 127 Å². The van der Waals surface area contributed by atoms with Crippen LogP contribution in [0.1, 0.15) is 34.1 Å². The molecule has 2 aromatic heterocycles. The van der Waals surface area contributed by atoms with Gasteiger partial charge in [-0.25, -0.2) is 14.8 Å². The molecule has 0 amide bonds. The monoisotopic (exact) mass is 302 g/mol. The van der Waals surface area contributed by atoms with Gasteiger partial charge in [-0.05, 0) is 20.8 Å². The molecule has 0 radical (unpaired) electrons. The van der Waals surface area contributed by atoms with Gasteiger partial charge in [-0.3, -0.25) is 4.79 Å². The van der Waals surface area contributed by atoms with Gasteiger partial charge in [-0.15, -0.1) is 0 Å². The van der Waals surface area contributed by atoms with Crippen LogP contribution in [0.15, 0.2) is 23.4 Å². The average molecular weight is 302 g/mol. The lowest BCUT2D eigenvalue weighted by Gasteiger charge is -2.08. The second-order valence-corrected chi connectivity index (χ2v) is 4.77. The first-order chi connectivity index (χ1) is 10.5. The van der Waals surface area contributed by atoms with Crippen molar-refractivity contribution >= 4 is 11.9 Å². The van der Waals surface area contributed by atoms with Crippen molar-refractivity contribution in [2.24, 2.45) is 0 Å². The van der Waals surface area contributed by atoms with Crippen molar-refractivity contribution in [3.63, 3.8) is 0 Å². The first-order valence-electron chi connectivity index (χ1n) is 6.93. The topological polar surface area (TPSA) is 97.0 Å². The summed E-state index contributed by atoms with van der Waals surface area (Å²) in [5.74, 6) is -0.0818. The highest BCUT2D eigenvalue weighted by molar-refractivity contribution is 5.88. The number of nitrogens with zero attached hydrogens (tertiary/aromatic N) is 2. The van der Waals surface area contributed by atoms with Crippen LogP contribution in [0.5, 0.6) is 0 Å². The lowest BCUT2D eigenvalue weighted by atomic mass is 10.1. The first kappa shape index (κ1) is 15.7. The number of H-pyrrole nitrogens is 1. The third-order valence-corrected chi connectivity index (χ3v) is 3.20. The molecule has 0 unspecified atom stereocenters. The Kier molecular flexibility index (Phi) is 4.88. The minimum Gasteiger partial charge on any atom is -0.462 e. The second-order valence-electron chi connectivity index (χ2n) is 4.77. The van der Waals surface area contributed by atoms with Crippen LogP contribution in [0.2, 0.25) is 0 Å². The van der Waals surface area contributed by atoms with Crippen LogP contribution in [0.25, 0.3) is 0 Å². The molecule has 7 heteroatoms. The Morgan fingerprint density at radius 2 is 2.00 bits per heavy atom. The molecule has 22 heavy (non-hydrogen) atoms. The smallest absolute Gasteiger partial charge is 0.341 e. The van der Waals surface area contributed by atoms with Gasteiger partial charge in [-0.2, -0.15) is 0 Å². The lowest BCUT2D eigenvalue weighted by Crippen LogP contribution is -2.16. The van der Waals surface area contributed by atoms with E-state index in [-0.39, 0.29) is 5.43 Å². The van der Waals surface area contributed by atoms with Crippen molar-refractivity contribution in [1.29, 1.82) is 0 Å². The fraction of sp³-hybridized carbons (Fsp3) is 0.333. The highest BCUT2D eigenvalue weighted by Gasteiger charge is 2.09. The molecule has 7 nitrogen and oxygen atoms in total. The van der Waals surface area contributed by atoms with Crippen LogP contribution in [0.3, 0.4) is 0 Å². The fourth-order valence-electron chi connectivity index (χ4n) is 1.89. The summed E-state index contributed by atoms with van der Waals surface area (Å²) in [4.78, 5) is 34.5. The maximum absolute atomic E-state index is 11.9. The molecule has 2 heterocycles. The van der Waals surface area contributed by atoms with E-state index >= 15 is 0 Å². The van der Waals surface area contributed by atoms with E-state index in [1.54, 1.807) is 27.0 Å². The number of ether oxygens (including phenoxy) is 1. The van der Waals surface area contributed by atoms with Crippen molar-refractivity contribution in [1.82, 2.24) is 15.0 Å².